The Kier molecular flexibility index (Phi) is 8.24. The first-order chi connectivity index (χ1) is 19.4. The van der Waals surface area contributed by atoms with E-state index in [4.69, 9.17) is 10.00 Å². The summed E-state index contributed by atoms with van der Waals surface area (Å²) in [4.78, 5) is 53.3. The van der Waals surface area contributed by atoms with Crippen LogP contribution in [-0.2, 0) is 20.9 Å². The van der Waals surface area contributed by atoms with Crippen LogP contribution in [0.25, 0.3) is 22.0 Å². The van der Waals surface area contributed by atoms with Crippen molar-refractivity contribution in [3.8, 4) is 17.2 Å². The number of nitrogens with zero attached hydrogens (tertiary/aromatic N) is 4. The highest BCUT2D eigenvalue weighted by Crippen LogP contribution is 2.34. The van der Waals surface area contributed by atoms with Gasteiger partial charge in [-0.3, -0.25) is 19.2 Å². The molecule has 0 amide bonds. The predicted octanol–water partition coefficient (Wildman–Crippen LogP) is 4.91. The first-order valence-corrected chi connectivity index (χ1v) is 13.1. The number of aryl methyl sites for hydroxylation is 1. The Hall–Kier alpha value is -4.97. The van der Waals surface area contributed by atoms with Crippen LogP contribution in [0.3, 0.4) is 0 Å². The number of hydrogen-bond acceptors (Lipinski definition) is 8. The van der Waals surface area contributed by atoms with E-state index in [9.17, 15) is 19.2 Å². The smallest absolute Gasteiger partial charge is 0.320 e. The maximum atomic E-state index is 13.6. The number of rotatable bonds is 9. The standard InChI is InChI=1S/C32H30N4O5/c1-21(37)32(30(40)41-31(2,3)4,17-18-36-29(39)26-7-5-6-8-27(26)34-35-36)19-28(38)25-15-13-24(14-16-25)23-11-9-22(20-33)10-12-23/h5-16H,17-19H2,1-4H3. The summed E-state index contributed by atoms with van der Waals surface area (Å²) in [5, 5.41) is 17.4. The van der Waals surface area contributed by atoms with Crippen LogP contribution in [0.4, 0.5) is 0 Å². The van der Waals surface area contributed by atoms with Crippen molar-refractivity contribution in [3.05, 3.63) is 94.3 Å². The number of carbonyl (C=O) groups is 3. The summed E-state index contributed by atoms with van der Waals surface area (Å²) in [6.07, 6.45) is -0.623. The molecule has 0 aliphatic carbocycles. The minimum Gasteiger partial charge on any atom is -0.459 e. The third-order valence-electron chi connectivity index (χ3n) is 6.86. The largest absolute Gasteiger partial charge is 0.459 e. The second kappa shape index (κ2) is 11.6. The summed E-state index contributed by atoms with van der Waals surface area (Å²) in [6, 6.07) is 22.7. The molecule has 0 aliphatic heterocycles. The number of nitriles is 1. The Morgan fingerprint density at radius 2 is 1.54 bits per heavy atom. The molecule has 41 heavy (non-hydrogen) atoms. The lowest BCUT2D eigenvalue weighted by Crippen LogP contribution is -2.45. The van der Waals surface area contributed by atoms with E-state index in [1.807, 2.05) is 12.1 Å². The van der Waals surface area contributed by atoms with Gasteiger partial charge in [0.1, 0.15) is 22.3 Å². The molecule has 9 heteroatoms. The Morgan fingerprint density at radius 1 is 0.927 bits per heavy atom. The number of Topliss-reactive ketones (excluding diaryl/α,β-unsaturated/α-hetero) is 2. The highest BCUT2D eigenvalue weighted by Gasteiger charge is 2.47. The van der Waals surface area contributed by atoms with Gasteiger partial charge in [0.25, 0.3) is 5.56 Å². The van der Waals surface area contributed by atoms with Gasteiger partial charge in [-0.15, -0.1) is 5.10 Å². The average molecular weight is 551 g/mol. The molecule has 0 radical (unpaired) electrons. The molecule has 208 valence electrons. The van der Waals surface area contributed by atoms with E-state index in [0.29, 0.717) is 22.0 Å². The van der Waals surface area contributed by atoms with Crippen LogP contribution in [-0.4, -0.2) is 38.1 Å². The third-order valence-corrected chi connectivity index (χ3v) is 6.86. The lowest BCUT2D eigenvalue weighted by Gasteiger charge is -2.32. The predicted molar refractivity (Wildman–Crippen MR) is 153 cm³/mol. The van der Waals surface area contributed by atoms with Crippen LogP contribution in [0.5, 0.6) is 0 Å². The van der Waals surface area contributed by atoms with Gasteiger partial charge in [-0.25, -0.2) is 4.68 Å². The number of benzene rings is 3. The first-order valence-electron chi connectivity index (χ1n) is 13.1. The molecular weight excluding hydrogens is 520 g/mol. The molecule has 0 saturated heterocycles. The summed E-state index contributed by atoms with van der Waals surface area (Å²) < 4.78 is 6.73. The number of hydrogen-bond donors (Lipinski definition) is 0. The SMILES string of the molecule is CC(=O)C(CCn1nnc2ccccc2c1=O)(CC(=O)c1ccc(-c2ccc(C#N)cc2)cc1)C(=O)OC(C)(C)C. The highest BCUT2D eigenvalue weighted by atomic mass is 16.6. The summed E-state index contributed by atoms with van der Waals surface area (Å²) >= 11 is 0. The zero-order valence-electron chi connectivity index (χ0n) is 23.4. The molecule has 0 bridgehead atoms. The van der Waals surface area contributed by atoms with E-state index < -0.39 is 40.5 Å². The molecule has 0 aliphatic rings. The van der Waals surface area contributed by atoms with Gasteiger partial charge in [0.05, 0.1) is 17.0 Å². The van der Waals surface area contributed by atoms with Crippen molar-refractivity contribution in [2.45, 2.75) is 52.7 Å². The molecule has 0 N–H and O–H groups in total. The Bertz CT molecular complexity index is 1710. The monoisotopic (exact) mass is 550 g/mol. The topological polar surface area (TPSA) is 132 Å². The van der Waals surface area contributed by atoms with E-state index in [-0.39, 0.29) is 13.0 Å². The molecule has 9 nitrogen and oxygen atoms in total. The molecule has 1 atom stereocenters. The van der Waals surface area contributed by atoms with Crippen molar-refractivity contribution in [2.24, 2.45) is 5.41 Å². The maximum Gasteiger partial charge on any atom is 0.320 e. The number of esters is 1. The molecule has 0 spiro atoms. The maximum absolute atomic E-state index is 13.6. The molecule has 1 aromatic heterocycles. The van der Waals surface area contributed by atoms with Crippen LogP contribution >= 0.6 is 0 Å². The Morgan fingerprint density at radius 3 is 2.12 bits per heavy atom. The molecule has 1 heterocycles. The van der Waals surface area contributed by atoms with E-state index in [1.54, 1.807) is 81.4 Å². The zero-order valence-corrected chi connectivity index (χ0v) is 23.4. The number of carbonyl (C=O) groups excluding carboxylic acids is 3. The van der Waals surface area contributed by atoms with Crippen molar-refractivity contribution >= 4 is 28.4 Å². The van der Waals surface area contributed by atoms with E-state index in [1.165, 1.54) is 6.92 Å². The second-order valence-corrected chi connectivity index (χ2v) is 10.9. The fourth-order valence-corrected chi connectivity index (χ4v) is 4.51. The summed E-state index contributed by atoms with van der Waals surface area (Å²) in [5.41, 5.74) is -0.173. The van der Waals surface area contributed by atoms with Gasteiger partial charge in [0.15, 0.2) is 5.78 Å². The first kappa shape index (κ1) is 29.0. The van der Waals surface area contributed by atoms with Gasteiger partial charge in [-0.05, 0) is 69.5 Å². The minimum atomic E-state index is -1.84. The molecular formula is C32H30N4O5. The molecule has 0 fully saturated rings. The molecule has 4 rings (SSSR count). The number of ketones is 2. The van der Waals surface area contributed by atoms with Crippen molar-refractivity contribution in [2.75, 3.05) is 0 Å². The van der Waals surface area contributed by atoms with E-state index in [2.05, 4.69) is 16.4 Å². The lowest BCUT2D eigenvalue weighted by molar-refractivity contribution is -0.170. The van der Waals surface area contributed by atoms with Crippen LogP contribution in [0.15, 0.2) is 77.6 Å². The van der Waals surface area contributed by atoms with E-state index >= 15 is 0 Å². The fourth-order valence-electron chi connectivity index (χ4n) is 4.51. The Labute approximate surface area is 237 Å². The van der Waals surface area contributed by atoms with Crippen LogP contribution < -0.4 is 5.56 Å². The molecule has 3 aromatic carbocycles. The summed E-state index contributed by atoms with van der Waals surface area (Å²) in [7, 11) is 0. The van der Waals surface area contributed by atoms with Crippen molar-refractivity contribution < 1.29 is 19.1 Å². The number of aromatic nitrogens is 3. The van der Waals surface area contributed by atoms with Crippen molar-refractivity contribution in [1.82, 2.24) is 15.0 Å². The normalized spacial score (nSPS) is 12.8. The van der Waals surface area contributed by atoms with Gasteiger partial charge in [0, 0.05) is 18.5 Å². The molecule has 0 saturated carbocycles. The summed E-state index contributed by atoms with van der Waals surface area (Å²) in [6.45, 7) is 6.16. The highest BCUT2D eigenvalue weighted by molar-refractivity contribution is 6.09. The zero-order chi connectivity index (χ0) is 29.8. The number of ether oxygens (including phenoxy) is 1. The second-order valence-electron chi connectivity index (χ2n) is 10.9. The van der Waals surface area contributed by atoms with Gasteiger partial charge in [-0.2, -0.15) is 5.26 Å². The van der Waals surface area contributed by atoms with Crippen molar-refractivity contribution in [1.29, 1.82) is 5.26 Å². The van der Waals surface area contributed by atoms with Crippen molar-refractivity contribution in [3.63, 3.8) is 0 Å². The third kappa shape index (κ3) is 6.44. The number of fused-ring (bicyclic) bond motifs is 1. The quantitative estimate of drug-likeness (QED) is 0.163. The van der Waals surface area contributed by atoms with Gasteiger partial charge < -0.3 is 4.74 Å². The summed E-state index contributed by atoms with van der Waals surface area (Å²) in [5.74, 6) is -1.80. The molecule has 1 unspecified atom stereocenters. The van der Waals surface area contributed by atoms with Gasteiger partial charge in [0.2, 0.25) is 0 Å². The van der Waals surface area contributed by atoms with Crippen LogP contribution in [0.2, 0.25) is 0 Å². The Balaban J connectivity index is 1.64. The van der Waals surface area contributed by atoms with Gasteiger partial charge >= 0.3 is 5.97 Å². The van der Waals surface area contributed by atoms with Gasteiger partial charge in [-0.1, -0.05) is 53.7 Å². The fraction of sp³-hybridized carbons (Fsp3) is 0.281. The van der Waals surface area contributed by atoms with Crippen LogP contribution in [0.1, 0.15) is 56.5 Å². The average Bonchev–Trinajstić information content (AvgIpc) is 2.95. The molecule has 4 aromatic rings. The van der Waals surface area contributed by atoms with E-state index in [0.717, 1.165) is 15.8 Å². The minimum absolute atomic E-state index is 0.125. The van der Waals surface area contributed by atoms with Crippen LogP contribution in [0, 0.1) is 16.7 Å². The lowest BCUT2D eigenvalue weighted by atomic mass is 9.75.